The van der Waals surface area contributed by atoms with E-state index >= 15 is 0 Å². The molecule has 0 aliphatic rings. The van der Waals surface area contributed by atoms with E-state index in [-0.39, 0.29) is 10.9 Å². The minimum atomic E-state index is -4.61. The van der Waals surface area contributed by atoms with Crippen molar-refractivity contribution in [3.63, 3.8) is 0 Å². The van der Waals surface area contributed by atoms with Crippen molar-refractivity contribution in [2.45, 2.75) is 19.6 Å². The molecule has 0 spiro atoms. The molecule has 0 saturated heterocycles. The second-order valence-corrected chi connectivity index (χ2v) is 7.25. The van der Waals surface area contributed by atoms with E-state index < -0.39 is 23.1 Å². The summed E-state index contributed by atoms with van der Waals surface area (Å²) in [5.74, 6) is 0.163. The maximum absolute atomic E-state index is 13.2. The summed E-state index contributed by atoms with van der Waals surface area (Å²) in [6.45, 7) is 2.13. The van der Waals surface area contributed by atoms with Gasteiger partial charge in [-0.3, -0.25) is 9.59 Å². The molecule has 0 aliphatic heterocycles. The summed E-state index contributed by atoms with van der Waals surface area (Å²) in [4.78, 5) is 26.0. The Morgan fingerprint density at radius 2 is 1.70 bits per heavy atom. The second kappa shape index (κ2) is 8.82. The Labute approximate surface area is 187 Å². The van der Waals surface area contributed by atoms with Crippen molar-refractivity contribution in [1.29, 1.82) is 0 Å². The highest BCUT2D eigenvalue weighted by Crippen LogP contribution is 2.31. The zero-order chi connectivity index (χ0) is 23.6. The van der Waals surface area contributed by atoms with Gasteiger partial charge in [-0.1, -0.05) is 30.3 Å². The Hall–Kier alpha value is -4.07. The summed E-state index contributed by atoms with van der Waals surface area (Å²) in [5, 5.41) is 2.48. The molecular weight excluding hydrogens is 433 g/mol. The maximum atomic E-state index is 13.2. The molecule has 0 bridgehead atoms. The van der Waals surface area contributed by atoms with Crippen LogP contribution in [-0.2, 0) is 12.7 Å². The van der Waals surface area contributed by atoms with Gasteiger partial charge in [0.15, 0.2) is 5.75 Å². The van der Waals surface area contributed by atoms with Crippen LogP contribution in [0.4, 0.5) is 18.9 Å². The van der Waals surface area contributed by atoms with E-state index in [0.717, 1.165) is 12.1 Å². The zero-order valence-electron chi connectivity index (χ0n) is 17.5. The number of pyridine rings is 1. The molecular formula is C25H19F3N2O3. The number of hydrogen-bond donors (Lipinski definition) is 1. The standard InChI is InChI=1S/C25H19F3N2O3/c1-2-30-15-19(23(31)18-14-16(25(26,27)28)12-13-21(18)30)24(32)29-20-10-6-7-11-22(20)33-17-8-4-3-5-9-17/h3-15H,2H2,1H3,(H,29,32). The summed E-state index contributed by atoms with van der Waals surface area (Å²) in [6.07, 6.45) is -3.25. The van der Waals surface area contributed by atoms with Crippen LogP contribution in [0, 0.1) is 0 Å². The minimum absolute atomic E-state index is 0.173. The fourth-order valence-corrected chi connectivity index (χ4v) is 3.46. The lowest BCUT2D eigenvalue weighted by molar-refractivity contribution is -0.137. The molecule has 0 fully saturated rings. The quantitative estimate of drug-likeness (QED) is 0.399. The number of fused-ring (bicyclic) bond motifs is 1. The van der Waals surface area contributed by atoms with Crippen molar-refractivity contribution in [2.75, 3.05) is 5.32 Å². The average molecular weight is 452 g/mol. The third kappa shape index (κ3) is 4.59. The van der Waals surface area contributed by atoms with Gasteiger partial charge in [0, 0.05) is 18.1 Å². The van der Waals surface area contributed by atoms with Gasteiger partial charge in [-0.2, -0.15) is 13.2 Å². The van der Waals surface area contributed by atoms with Crippen molar-refractivity contribution >= 4 is 22.5 Å². The Kier molecular flexibility index (Phi) is 5.91. The Morgan fingerprint density at radius 3 is 2.39 bits per heavy atom. The molecule has 0 aliphatic carbocycles. The van der Waals surface area contributed by atoms with Gasteiger partial charge in [0.1, 0.15) is 11.3 Å². The number of nitrogens with one attached hydrogen (secondary N) is 1. The van der Waals surface area contributed by atoms with Gasteiger partial charge in [-0.25, -0.2) is 0 Å². The highest BCUT2D eigenvalue weighted by Gasteiger charge is 2.31. The number of rotatable bonds is 5. The number of anilines is 1. The molecule has 3 aromatic carbocycles. The predicted molar refractivity (Wildman–Crippen MR) is 120 cm³/mol. The van der Waals surface area contributed by atoms with E-state index in [4.69, 9.17) is 4.74 Å². The number of halogens is 3. The van der Waals surface area contributed by atoms with Crippen molar-refractivity contribution in [1.82, 2.24) is 4.57 Å². The third-order valence-corrected chi connectivity index (χ3v) is 5.10. The van der Waals surface area contributed by atoms with Crippen molar-refractivity contribution in [2.24, 2.45) is 0 Å². The molecule has 5 nitrogen and oxygen atoms in total. The molecule has 4 aromatic rings. The lowest BCUT2D eigenvalue weighted by Gasteiger charge is -2.15. The van der Waals surface area contributed by atoms with Gasteiger partial charge in [-0.15, -0.1) is 0 Å². The number of nitrogens with zero attached hydrogens (tertiary/aromatic N) is 1. The number of carbonyl (C=O) groups excluding carboxylic acids is 1. The Bertz CT molecular complexity index is 1380. The van der Waals surface area contributed by atoms with Gasteiger partial charge >= 0.3 is 6.18 Å². The van der Waals surface area contributed by atoms with E-state index in [2.05, 4.69) is 5.32 Å². The first-order valence-electron chi connectivity index (χ1n) is 10.2. The molecule has 1 heterocycles. The maximum Gasteiger partial charge on any atom is 0.416 e. The summed E-state index contributed by atoms with van der Waals surface area (Å²) in [6, 6.07) is 18.6. The fourth-order valence-electron chi connectivity index (χ4n) is 3.46. The van der Waals surface area contributed by atoms with Gasteiger partial charge < -0.3 is 14.6 Å². The number of hydrogen-bond acceptors (Lipinski definition) is 3. The molecule has 0 radical (unpaired) electrons. The average Bonchev–Trinajstić information content (AvgIpc) is 2.80. The molecule has 1 N–H and O–H groups in total. The first kappa shape index (κ1) is 22.1. The minimum Gasteiger partial charge on any atom is -0.455 e. The van der Waals surface area contributed by atoms with Crippen LogP contribution in [0.25, 0.3) is 10.9 Å². The molecule has 8 heteroatoms. The van der Waals surface area contributed by atoms with Crippen LogP contribution in [-0.4, -0.2) is 10.5 Å². The number of carbonyl (C=O) groups is 1. The highest BCUT2D eigenvalue weighted by molar-refractivity contribution is 6.06. The first-order chi connectivity index (χ1) is 15.8. The van der Waals surface area contributed by atoms with Crippen molar-refractivity contribution < 1.29 is 22.7 Å². The highest BCUT2D eigenvalue weighted by atomic mass is 19.4. The number of aromatic nitrogens is 1. The molecule has 1 amide bonds. The molecule has 0 unspecified atom stereocenters. The summed E-state index contributed by atoms with van der Waals surface area (Å²) in [5.41, 5.74) is -1.36. The largest absolute Gasteiger partial charge is 0.455 e. The normalized spacial score (nSPS) is 11.4. The molecule has 1 aromatic heterocycles. The van der Waals surface area contributed by atoms with Gasteiger partial charge in [-0.05, 0) is 49.4 Å². The SMILES string of the molecule is CCn1cc(C(=O)Nc2ccccc2Oc2ccccc2)c(=O)c2cc(C(F)(F)F)ccc21. The number of ether oxygens (including phenoxy) is 1. The van der Waals surface area contributed by atoms with Gasteiger partial charge in [0.05, 0.1) is 16.8 Å². The van der Waals surface area contributed by atoms with Crippen LogP contribution in [0.3, 0.4) is 0 Å². The summed E-state index contributed by atoms with van der Waals surface area (Å²) in [7, 11) is 0. The first-order valence-corrected chi connectivity index (χ1v) is 10.2. The topological polar surface area (TPSA) is 60.3 Å². The number of aryl methyl sites for hydroxylation is 1. The monoisotopic (exact) mass is 452 g/mol. The van der Waals surface area contributed by atoms with Gasteiger partial charge in [0.25, 0.3) is 5.91 Å². The number of para-hydroxylation sites is 3. The summed E-state index contributed by atoms with van der Waals surface area (Å²) < 4.78 is 47.0. The van der Waals surface area contributed by atoms with Crippen LogP contribution in [0.1, 0.15) is 22.8 Å². The molecule has 0 saturated carbocycles. The van der Waals surface area contributed by atoms with Crippen LogP contribution >= 0.6 is 0 Å². The van der Waals surface area contributed by atoms with Crippen LogP contribution in [0.15, 0.2) is 83.8 Å². The fraction of sp³-hybridized carbons (Fsp3) is 0.120. The summed E-state index contributed by atoms with van der Waals surface area (Å²) >= 11 is 0. The van der Waals surface area contributed by atoms with Crippen LogP contribution in [0.5, 0.6) is 11.5 Å². The predicted octanol–water partition coefficient (Wildman–Crippen LogP) is 6.08. The molecule has 168 valence electrons. The third-order valence-electron chi connectivity index (χ3n) is 5.10. The van der Waals surface area contributed by atoms with Crippen molar-refractivity contribution in [3.05, 3.63) is 100 Å². The van der Waals surface area contributed by atoms with E-state index in [9.17, 15) is 22.8 Å². The smallest absolute Gasteiger partial charge is 0.416 e. The van der Waals surface area contributed by atoms with E-state index in [0.29, 0.717) is 29.2 Å². The lowest BCUT2D eigenvalue weighted by atomic mass is 10.1. The molecule has 4 rings (SSSR count). The zero-order valence-corrected chi connectivity index (χ0v) is 17.5. The number of benzene rings is 3. The van der Waals surface area contributed by atoms with Gasteiger partial charge in [0.2, 0.25) is 5.43 Å². The Balaban J connectivity index is 1.73. The lowest BCUT2D eigenvalue weighted by Crippen LogP contribution is -2.24. The van der Waals surface area contributed by atoms with E-state index in [1.54, 1.807) is 60.0 Å². The molecule has 33 heavy (non-hydrogen) atoms. The number of alkyl halides is 3. The van der Waals surface area contributed by atoms with Crippen LogP contribution in [0.2, 0.25) is 0 Å². The van der Waals surface area contributed by atoms with E-state index in [1.807, 2.05) is 6.07 Å². The van der Waals surface area contributed by atoms with E-state index in [1.165, 1.54) is 12.3 Å². The molecule has 0 atom stereocenters. The number of amides is 1. The second-order valence-electron chi connectivity index (χ2n) is 7.25. The van der Waals surface area contributed by atoms with Crippen molar-refractivity contribution in [3.8, 4) is 11.5 Å². The Morgan fingerprint density at radius 1 is 1.00 bits per heavy atom. The van der Waals surface area contributed by atoms with Crippen LogP contribution < -0.4 is 15.5 Å².